The van der Waals surface area contributed by atoms with Gasteiger partial charge in [-0.3, -0.25) is 14.4 Å². The minimum atomic E-state index is -0.850. The van der Waals surface area contributed by atoms with Gasteiger partial charge in [-0.25, -0.2) is 49.8 Å². The Bertz CT molecular complexity index is 4530. The van der Waals surface area contributed by atoms with Crippen molar-refractivity contribution in [2.45, 2.75) is 98.8 Å². The van der Waals surface area contributed by atoms with Gasteiger partial charge in [-0.15, -0.1) is 68.0 Å². The predicted octanol–water partition coefficient (Wildman–Crippen LogP) is 17.3. The number of carbonyl (C=O) groups is 1. The maximum Gasteiger partial charge on any atom is 0.313 e. The number of thiophene rings is 6. The van der Waals surface area contributed by atoms with Crippen molar-refractivity contribution < 1.29 is 19.4 Å². The lowest BCUT2D eigenvalue weighted by Crippen LogP contribution is -2.03. The van der Waals surface area contributed by atoms with E-state index in [-0.39, 0.29) is 16.9 Å². The van der Waals surface area contributed by atoms with Crippen LogP contribution in [-0.2, 0) is 4.79 Å². The van der Waals surface area contributed by atoms with Gasteiger partial charge in [0.1, 0.15) is 59.8 Å². The van der Waals surface area contributed by atoms with E-state index >= 15 is 0 Å². The van der Waals surface area contributed by atoms with Crippen molar-refractivity contribution >= 4 is 221 Å². The molecule has 18 nitrogen and oxygen atoms in total. The number of aliphatic carboxylic acids is 1. The number of nitrogens with zero attached hydrogens (tertiary/aromatic N) is 10. The topological polar surface area (TPSA) is 250 Å². The third kappa shape index (κ3) is 13.5. The van der Waals surface area contributed by atoms with Crippen molar-refractivity contribution in [3.05, 3.63) is 124 Å². The summed E-state index contributed by atoms with van der Waals surface area (Å²) in [7, 11) is 3.26. The summed E-state index contributed by atoms with van der Waals surface area (Å²) in [5.41, 5.74) is 11.1. The fourth-order valence-corrected chi connectivity index (χ4v) is 18.8. The Morgan fingerprint density at radius 3 is 1.40 bits per heavy atom. The third-order valence-corrected chi connectivity index (χ3v) is 24.1. The molecule has 5 aliphatic carbocycles. The maximum absolute atomic E-state index is 11.4. The first-order chi connectivity index (χ1) is 41.7. The number of carboxylic acid groups (broad SMARTS) is 1. The molecule has 3 N–H and O–H groups in total. The van der Waals surface area contributed by atoms with Crippen molar-refractivity contribution in [3.63, 3.8) is 0 Å². The molecule has 17 rings (SSSR count). The molecule has 0 unspecified atom stereocenters. The van der Waals surface area contributed by atoms with Crippen molar-refractivity contribution in [1.82, 2.24) is 59.8 Å². The number of hydrogen-bond donors (Lipinski definition) is 3. The van der Waals surface area contributed by atoms with Gasteiger partial charge in [0.2, 0.25) is 11.8 Å². The summed E-state index contributed by atoms with van der Waals surface area (Å²) < 4.78 is 19.5. The number of aromatic amines is 2. The van der Waals surface area contributed by atoms with E-state index < -0.39 is 5.97 Å². The highest BCUT2D eigenvalue weighted by molar-refractivity contribution is 9.10. The van der Waals surface area contributed by atoms with Gasteiger partial charge in [-0.1, -0.05) is 69.8 Å². The largest absolute Gasteiger partial charge is 0.481 e. The number of methoxy groups -OCH3 is 2. The van der Waals surface area contributed by atoms with E-state index in [1.54, 1.807) is 43.2 Å². The number of H-pyrrole nitrogens is 2. The lowest BCUT2D eigenvalue weighted by atomic mass is 10.2. The van der Waals surface area contributed by atoms with Crippen LogP contribution in [0.15, 0.2) is 67.8 Å². The molecule has 5 fully saturated rings. The quantitative estimate of drug-likeness (QED) is 0.0850. The minimum Gasteiger partial charge on any atom is -0.481 e. The molecule has 86 heavy (non-hydrogen) atoms. The number of hydrogen-bond acceptors (Lipinski definition) is 22. The first-order valence-electron chi connectivity index (χ1n) is 26.6. The molecular weight excluding hydrogens is 1410 g/mol. The molecule has 12 aromatic rings. The molecule has 0 saturated heterocycles. The molecule has 444 valence electrons. The Balaban J connectivity index is 0.000000101. The molecule has 0 radical (unpaired) electrons. The lowest BCUT2D eigenvalue weighted by Gasteiger charge is -1.99. The zero-order valence-electron chi connectivity index (χ0n) is 44.9. The van der Waals surface area contributed by atoms with Crippen LogP contribution < -0.4 is 20.6 Å². The number of carboxylic acids is 1. The number of halogens is 6. The van der Waals surface area contributed by atoms with Crippen LogP contribution in [0.5, 0.6) is 11.8 Å². The molecule has 0 bridgehead atoms. The normalized spacial score (nSPS) is 15.3. The zero-order valence-corrected chi connectivity index (χ0v) is 56.0. The fraction of sp³-hybridized carbons (Fsp3) is 0.327. The van der Waals surface area contributed by atoms with Crippen LogP contribution in [0.25, 0.3) is 61.3 Å². The molecule has 0 atom stereocenters. The Kier molecular flexibility index (Phi) is 19.1. The Hall–Kier alpha value is -4.81. The molecule has 5 aliphatic rings. The summed E-state index contributed by atoms with van der Waals surface area (Å²) in [5, 5.41) is 14.1. The molecule has 31 heteroatoms. The summed E-state index contributed by atoms with van der Waals surface area (Å²) in [6.45, 7) is 0. The number of nitrogens with one attached hydrogen (secondary N) is 2. The highest BCUT2D eigenvalue weighted by Gasteiger charge is 2.34. The highest BCUT2D eigenvalue weighted by Crippen LogP contribution is 2.53. The first kappa shape index (κ1) is 61.4. The monoisotopic (exact) mass is 1450 g/mol. The highest BCUT2D eigenvalue weighted by atomic mass is 79.9. The molecule has 0 aliphatic heterocycles. The summed E-state index contributed by atoms with van der Waals surface area (Å²) in [6, 6.07) is 0. The van der Waals surface area contributed by atoms with Crippen molar-refractivity contribution in [2.24, 2.45) is 0 Å². The van der Waals surface area contributed by atoms with Crippen LogP contribution >= 0.6 is 154 Å². The Morgan fingerprint density at radius 1 is 0.523 bits per heavy atom. The molecule has 0 spiro atoms. The van der Waals surface area contributed by atoms with Gasteiger partial charge < -0.3 is 24.5 Å². The van der Waals surface area contributed by atoms with Gasteiger partial charge in [0.05, 0.1) is 91.4 Å². The number of fused-ring (bicyclic) bond motifs is 6. The minimum absolute atomic E-state index is 0.000391. The van der Waals surface area contributed by atoms with E-state index in [9.17, 15) is 14.4 Å². The van der Waals surface area contributed by atoms with Crippen molar-refractivity contribution in [1.29, 1.82) is 0 Å². The maximum atomic E-state index is 11.4. The smallest absolute Gasteiger partial charge is 0.313 e. The van der Waals surface area contributed by atoms with Gasteiger partial charge in [0, 0.05) is 27.6 Å². The Morgan fingerprint density at radius 2 is 0.919 bits per heavy atom. The third-order valence-electron chi connectivity index (χ3n) is 14.1. The molecule has 12 heterocycles. The molecular formula is C55H44BrCl5N12O6S7. The molecule has 12 aromatic heterocycles. The fourth-order valence-electron chi connectivity index (χ4n) is 9.33. The second-order valence-corrected chi connectivity index (χ2v) is 30.6. The van der Waals surface area contributed by atoms with E-state index in [2.05, 4.69) is 81.1 Å². The molecule has 5 saturated carbocycles. The van der Waals surface area contributed by atoms with E-state index in [1.807, 2.05) is 5.38 Å². The average Bonchev–Trinajstić information content (AvgIpc) is 2.17. The summed E-state index contributed by atoms with van der Waals surface area (Å²) in [5.74, 6) is 3.42. The zero-order chi connectivity index (χ0) is 59.9. The summed E-state index contributed by atoms with van der Waals surface area (Å²) >= 11 is 44.1. The molecule has 0 aromatic carbocycles. The standard InChI is InChI=1S/C11H9ClN2O2S2.C10H10N2OS.C9H6Cl2N2S.2C9H7ClN2OS.C7H5BrN2OS/c12-10-7(5-1-2-5)8-9(18-10)11(14-4-13-8)17-3-6(15)16;1-13-10-9-8(11-5-12-10)7(4-14-9)6-2-3-6;10-8-7-6(12-3-13-8)5(4-1-2-4)9(11)14-7;2*10-8-5(4-1-2-4)6-7(14-8)9(13)12-3-11-6;1-11-7-6-5(9-3-10-7)4(8)2-12-6/h4-5H,1-3H2,(H,15,16);4-6H,2-3H2,1H3;3-4H,1-2H2;2*3-4H,1-2H2,(H,11,12,13);2-3H,1H3. The van der Waals surface area contributed by atoms with E-state index in [0.717, 1.165) is 109 Å². The number of rotatable bonds is 10. The number of thioether (sulfide) groups is 1. The van der Waals surface area contributed by atoms with Crippen LogP contribution in [0.4, 0.5) is 0 Å². The number of ether oxygens (including phenoxy) is 2. The van der Waals surface area contributed by atoms with Crippen LogP contribution in [0.1, 0.15) is 122 Å². The molecule has 0 amide bonds. The second kappa shape index (κ2) is 26.7. The van der Waals surface area contributed by atoms with E-state index in [0.29, 0.717) is 55.0 Å². The van der Waals surface area contributed by atoms with Crippen LogP contribution in [0.3, 0.4) is 0 Å². The summed E-state index contributed by atoms with van der Waals surface area (Å²) in [4.78, 5) is 80.2. The van der Waals surface area contributed by atoms with Crippen LogP contribution in [0, 0.1) is 0 Å². The van der Waals surface area contributed by atoms with Crippen LogP contribution in [0.2, 0.25) is 22.5 Å². The van der Waals surface area contributed by atoms with Gasteiger partial charge in [-0.05, 0) is 121 Å². The predicted molar refractivity (Wildman–Crippen MR) is 354 cm³/mol. The van der Waals surface area contributed by atoms with Crippen molar-refractivity contribution in [2.75, 3.05) is 20.0 Å². The van der Waals surface area contributed by atoms with E-state index in [1.165, 1.54) is 151 Å². The first-order valence-corrected chi connectivity index (χ1v) is 35.2. The number of aromatic nitrogens is 12. The van der Waals surface area contributed by atoms with Gasteiger partial charge in [0.25, 0.3) is 11.1 Å². The van der Waals surface area contributed by atoms with Crippen molar-refractivity contribution in [3.8, 4) is 11.8 Å². The van der Waals surface area contributed by atoms with E-state index in [4.69, 9.17) is 72.6 Å². The summed E-state index contributed by atoms with van der Waals surface area (Å²) in [6.07, 6.45) is 21.0. The second-order valence-electron chi connectivity index (χ2n) is 20.1. The Labute approximate surface area is 549 Å². The SMILES string of the molecule is COc1ncnc2c(Br)csc12.COc1ncnc2c(C3CC3)csc12.Clc1sc2c(Cl)ncnc2c1C1CC1.O=C(O)CSc1ncnc2c(C3CC3)c(Cl)sc12.O=c1[nH]cnc2c(C3CC3)c(Cl)sc12.O=c1[nH]cnc2c(C3CC3)c(Cl)sc12. The average molecular weight is 1450 g/mol. The lowest BCUT2D eigenvalue weighted by molar-refractivity contribution is -0.133. The van der Waals surface area contributed by atoms with Crippen LogP contribution in [-0.4, -0.2) is 90.9 Å². The van der Waals surface area contributed by atoms with Gasteiger partial charge in [-0.2, -0.15) is 0 Å². The van der Waals surface area contributed by atoms with Gasteiger partial charge >= 0.3 is 5.97 Å². The van der Waals surface area contributed by atoms with Gasteiger partial charge in [0.15, 0.2) is 0 Å².